The highest BCUT2D eigenvalue weighted by Crippen LogP contribution is 2.08. The molecular formula is C19H32O4. The molecule has 23 heavy (non-hydrogen) atoms. The maximum absolute atomic E-state index is 10.1. The predicted molar refractivity (Wildman–Crippen MR) is 96.8 cm³/mol. The molecule has 0 aliphatic carbocycles. The Morgan fingerprint density at radius 3 is 2.13 bits per heavy atom. The zero-order chi connectivity index (χ0) is 18.3. The Kier molecular flexibility index (Phi) is 14.3. The molecule has 0 saturated carbocycles. The lowest BCUT2D eigenvalue weighted by Crippen LogP contribution is -2.32. The van der Waals surface area contributed by atoms with Gasteiger partial charge in [-0.15, -0.1) is 0 Å². The molecule has 0 fully saturated rings. The van der Waals surface area contributed by atoms with Gasteiger partial charge in [-0.3, -0.25) is 0 Å². The first-order valence-corrected chi connectivity index (χ1v) is 7.90. The molecule has 0 saturated heterocycles. The first kappa shape index (κ1) is 23.6. The molecular weight excluding hydrogens is 292 g/mol. The highest BCUT2D eigenvalue weighted by molar-refractivity contribution is 5.68. The fourth-order valence-electron chi connectivity index (χ4n) is 1.54. The van der Waals surface area contributed by atoms with E-state index in [0.717, 1.165) is 6.42 Å². The first-order valence-electron chi connectivity index (χ1n) is 7.90. The number of rotatable bonds is 7. The van der Waals surface area contributed by atoms with Crippen LogP contribution >= 0.6 is 0 Å². The Hall–Kier alpha value is -1.65. The van der Waals surface area contributed by atoms with Crippen molar-refractivity contribution in [2.24, 2.45) is 0 Å². The van der Waals surface area contributed by atoms with Crippen LogP contribution in [0.4, 0.5) is 0 Å². The van der Waals surface area contributed by atoms with Crippen molar-refractivity contribution >= 4 is 12.0 Å². The summed E-state index contributed by atoms with van der Waals surface area (Å²) >= 11 is 0. The molecule has 0 spiro atoms. The monoisotopic (exact) mass is 324 g/mol. The van der Waals surface area contributed by atoms with Gasteiger partial charge in [0.25, 0.3) is 0 Å². The molecule has 1 aromatic carbocycles. The Balaban J connectivity index is 0. The quantitative estimate of drug-likeness (QED) is 0.806. The second-order valence-electron chi connectivity index (χ2n) is 5.17. The summed E-state index contributed by atoms with van der Waals surface area (Å²) in [6, 6.07) is 8.45. The van der Waals surface area contributed by atoms with Crippen LogP contribution in [0.5, 0.6) is 0 Å². The number of hydrogen-bond acceptors (Lipinski definition) is 3. The number of carboxylic acid groups (broad SMARTS) is 1. The average Bonchev–Trinajstić information content (AvgIpc) is 2.55. The Bertz CT molecular complexity index is 422. The summed E-state index contributed by atoms with van der Waals surface area (Å²) in [6.07, 6.45) is 2.97. The lowest BCUT2D eigenvalue weighted by atomic mass is 10.1. The van der Waals surface area contributed by atoms with Crippen molar-refractivity contribution < 1.29 is 19.4 Å². The van der Waals surface area contributed by atoms with E-state index in [1.165, 1.54) is 11.1 Å². The molecule has 0 aliphatic rings. The molecule has 0 radical (unpaired) electrons. The molecule has 1 rings (SSSR count). The molecule has 0 aromatic heterocycles. The van der Waals surface area contributed by atoms with Gasteiger partial charge >= 0.3 is 5.97 Å². The number of carboxylic acids is 1. The van der Waals surface area contributed by atoms with Gasteiger partial charge in [0.2, 0.25) is 0 Å². The molecule has 4 nitrogen and oxygen atoms in total. The number of benzene rings is 1. The van der Waals surface area contributed by atoms with Crippen LogP contribution in [0.1, 0.15) is 45.7 Å². The lowest BCUT2D eigenvalue weighted by molar-refractivity contribution is -0.150. The van der Waals surface area contributed by atoms with Gasteiger partial charge in [0.15, 0.2) is 0 Å². The maximum Gasteiger partial charge on any atom is 0.329 e. The van der Waals surface area contributed by atoms with Crippen LogP contribution in [0.25, 0.3) is 6.08 Å². The third-order valence-electron chi connectivity index (χ3n) is 2.70. The average molecular weight is 324 g/mol. The maximum atomic E-state index is 10.1. The third kappa shape index (κ3) is 13.7. The van der Waals surface area contributed by atoms with E-state index in [9.17, 15) is 4.79 Å². The van der Waals surface area contributed by atoms with Crippen molar-refractivity contribution in [1.82, 2.24) is 0 Å². The molecule has 0 aliphatic heterocycles. The fraction of sp³-hybridized carbons (Fsp3) is 0.526. The van der Waals surface area contributed by atoms with Gasteiger partial charge in [-0.05, 0) is 31.4 Å². The minimum absolute atomic E-state index is 0.281. The summed E-state index contributed by atoms with van der Waals surface area (Å²) in [5.74, 6) is -0.964. The molecule has 4 heteroatoms. The summed E-state index contributed by atoms with van der Waals surface area (Å²) in [4.78, 5) is 10.1. The Morgan fingerprint density at radius 2 is 1.78 bits per heavy atom. The summed E-state index contributed by atoms with van der Waals surface area (Å²) in [7, 11) is 1.55. The molecule has 1 aromatic rings. The smallest absolute Gasteiger partial charge is 0.329 e. The summed E-state index contributed by atoms with van der Waals surface area (Å²) in [6.45, 7) is 13.5. The van der Waals surface area contributed by atoms with Crippen LogP contribution in [0.15, 0.2) is 30.8 Å². The third-order valence-corrected chi connectivity index (χ3v) is 2.70. The van der Waals surface area contributed by atoms with Crippen LogP contribution < -0.4 is 0 Å². The lowest BCUT2D eigenvalue weighted by Gasteiger charge is -2.22. The van der Waals surface area contributed by atoms with Gasteiger partial charge in [-0.1, -0.05) is 57.7 Å². The predicted octanol–water partition coefficient (Wildman–Crippen LogP) is 4.43. The van der Waals surface area contributed by atoms with E-state index in [0.29, 0.717) is 6.61 Å². The molecule has 0 unspecified atom stereocenters. The van der Waals surface area contributed by atoms with Gasteiger partial charge in [0.1, 0.15) is 6.61 Å². The summed E-state index contributed by atoms with van der Waals surface area (Å²) < 4.78 is 9.83. The SMILES string of the molecule is C=Cc1ccc(CC)cc1.CC.COCC(C)(C)OCC(=O)O. The van der Waals surface area contributed by atoms with Gasteiger partial charge in [0.05, 0.1) is 12.2 Å². The second-order valence-corrected chi connectivity index (χ2v) is 5.17. The Morgan fingerprint density at radius 1 is 1.26 bits per heavy atom. The normalized spacial score (nSPS) is 9.83. The van der Waals surface area contributed by atoms with Crippen molar-refractivity contribution in [3.8, 4) is 0 Å². The van der Waals surface area contributed by atoms with Crippen LogP contribution in [-0.2, 0) is 20.7 Å². The molecule has 132 valence electrons. The van der Waals surface area contributed by atoms with Crippen molar-refractivity contribution in [2.75, 3.05) is 20.3 Å². The number of aryl methyl sites for hydroxylation is 1. The molecule has 0 heterocycles. The van der Waals surface area contributed by atoms with E-state index in [1.807, 2.05) is 19.9 Å². The summed E-state index contributed by atoms with van der Waals surface area (Å²) in [5, 5.41) is 8.28. The van der Waals surface area contributed by atoms with Crippen LogP contribution in [0.2, 0.25) is 0 Å². The zero-order valence-corrected chi connectivity index (χ0v) is 15.4. The highest BCUT2D eigenvalue weighted by atomic mass is 16.5. The Labute approximate surface area is 141 Å². The molecule has 1 N–H and O–H groups in total. The topological polar surface area (TPSA) is 55.8 Å². The second kappa shape index (κ2) is 14.0. The summed E-state index contributed by atoms with van der Waals surface area (Å²) in [5.41, 5.74) is 2.05. The zero-order valence-electron chi connectivity index (χ0n) is 15.4. The van der Waals surface area contributed by atoms with Crippen molar-refractivity contribution in [3.63, 3.8) is 0 Å². The molecule has 0 atom stereocenters. The fourth-order valence-corrected chi connectivity index (χ4v) is 1.54. The minimum atomic E-state index is -0.964. The van der Waals surface area contributed by atoms with E-state index in [4.69, 9.17) is 14.6 Å². The van der Waals surface area contributed by atoms with Crippen LogP contribution in [-0.4, -0.2) is 37.0 Å². The largest absolute Gasteiger partial charge is 0.480 e. The number of methoxy groups -OCH3 is 1. The number of carbonyl (C=O) groups is 1. The van der Waals surface area contributed by atoms with E-state index >= 15 is 0 Å². The van der Waals surface area contributed by atoms with Crippen LogP contribution in [0, 0.1) is 0 Å². The van der Waals surface area contributed by atoms with Crippen molar-refractivity contribution in [2.45, 2.75) is 46.6 Å². The van der Waals surface area contributed by atoms with Gasteiger partial charge < -0.3 is 14.6 Å². The van der Waals surface area contributed by atoms with Crippen LogP contribution in [0.3, 0.4) is 0 Å². The number of hydrogen-bond donors (Lipinski definition) is 1. The van der Waals surface area contributed by atoms with Gasteiger partial charge in [-0.25, -0.2) is 4.79 Å². The molecule has 0 amide bonds. The first-order chi connectivity index (χ1) is 10.8. The van der Waals surface area contributed by atoms with E-state index in [-0.39, 0.29) is 6.61 Å². The minimum Gasteiger partial charge on any atom is -0.480 e. The number of aliphatic carboxylic acids is 1. The van der Waals surface area contributed by atoms with E-state index < -0.39 is 11.6 Å². The van der Waals surface area contributed by atoms with E-state index in [1.54, 1.807) is 21.0 Å². The van der Waals surface area contributed by atoms with Crippen molar-refractivity contribution in [3.05, 3.63) is 42.0 Å². The number of ether oxygens (including phenoxy) is 2. The molecule has 0 bridgehead atoms. The van der Waals surface area contributed by atoms with E-state index in [2.05, 4.69) is 37.8 Å². The van der Waals surface area contributed by atoms with Gasteiger partial charge in [-0.2, -0.15) is 0 Å². The van der Waals surface area contributed by atoms with Gasteiger partial charge in [0, 0.05) is 7.11 Å². The van der Waals surface area contributed by atoms with Crippen molar-refractivity contribution in [1.29, 1.82) is 0 Å². The highest BCUT2D eigenvalue weighted by Gasteiger charge is 2.18. The standard InChI is InChI=1S/C10H12.C7H14O4.C2H6/c1-3-9-5-7-10(4-2)8-6-9;1-7(2,5-10-3)11-4-6(8)9;1-2/h3,5-8H,1,4H2,2H3;4-5H2,1-3H3,(H,8,9);1-2H3.